The third-order valence-electron chi connectivity index (χ3n) is 5.04. The fourth-order valence-corrected chi connectivity index (χ4v) is 3.66. The highest BCUT2D eigenvalue weighted by Gasteiger charge is 2.25. The summed E-state index contributed by atoms with van der Waals surface area (Å²) in [7, 11) is 0. The van der Waals surface area contributed by atoms with Crippen LogP contribution in [0.25, 0.3) is 22.2 Å². The zero-order valence-electron chi connectivity index (χ0n) is 17.7. The van der Waals surface area contributed by atoms with Crippen molar-refractivity contribution in [2.75, 3.05) is 17.7 Å². The number of rotatable bonds is 5. The average molecular weight is 423 g/mol. The molecular formula is C25H21N5O2. The molecule has 0 saturated heterocycles. The number of anilines is 3. The Kier molecular flexibility index (Phi) is 5.69. The Morgan fingerprint density at radius 1 is 1.09 bits per heavy atom. The maximum atomic E-state index is 12.6. The second-order valence-corrected chi connectivity index (χ2v) is 7.08. The van der Waals surface area contributed by atoms with Gasteiger partial charge < -0.3 is 15.8 Å². The lowest BCUT2D eigenvalue weighted by atomic mass is 9.94. The zero-order valence-corrected chi connectivity index (χ0v) is 17.7. The second-order valence-electron chi connectivity index (χ2n) is 7.08. The molecule has 0 spiro atoms. The van der Waals surface area contributed by atoms with Crippen molar-refractivity contribution < 1.29 is 9.53 Å². The van der Waals surface area contributed by atoms with Crippen LogP contribution in [0.1, 0.15) is 28.5 Å². The van der Waals surface area contributed by atoms with Crippen molar-refractivity contribution in [3.63, 3.8) is 0 Å². The van der Waals surface area contributed by atoms with Gasteiger partial charge in [0.2, 0.25) is 0 Å². The summed E-state index contributed by atoms with van der Waals surface area (Å²) < 4.78 is 5.19. The Morgan fingerprint density at radius 2 is 1.75 bits per heavy atom. The minimum Gasteiger partial charge on any atom is -0.462 e. The Bertz CT molecular complexity index is 1350. The predicted molar refractivity (Wildman–Crippen MR) is 125 cm³/mol. The van der Waals surface area contributed by atoms with Gasteiger partial charge in [0.15, 0.2) is 11.5 Å². The first kappa shape index (κ1) is 20.8. The molecular weight excluding hydrogens is 402 g/mol. The summed E-state index contributed by atoms with van der Waals surface area (Å²) in [5.41, 5.74) is 10.0. The smallest absolute Gasteiger partial charge is 0.342 e. The fourth-order valence-electron chi connectivity index (χ4n) is 3.66. The highest BCUT2D eigenvalue weighted by atomic mass is 16.5. The Hall–Kier alpha value is -4.44. The first-order valence-corrected chi connectivity index (χ1v) is 10.1. The number of hydrogen-bond acceptors (Lipinski definition) is 7. The maximum absolute atomic E-state index is 12.6. The maximum Gasteiger partial charge on any atom is 0.342 e. The van der Waals surface area contributed by atoms with Gasteiger partial charge in [-0.25, -0.2) is 14.8 Å². The number of nitriles is 1. The molecule has 4 aromatic rings. The third-order valence-corrected chi connectivity index (χ3v) is 5.04. The summed E-state index contributed by atoms with van der Waals surface area (Å²) >= 11 is 0. The van der Waals surface area contributed by atoms with E-state index in [0.717, 1.165) is 11.3 Å². The monoisotopic (exact) mass is 423 g/mol. The van der Waals surface area contributed by atoms with Gasteiger partial charge in [-0.1, -0.05) is 48.5 Å². The molecule has 0 radical (unpaired) electrons. The number of carbonyl (C=O) groups excluding carboxylic acids is 1. The van der Waals surface area contributed by atoms with E-state index in [1.54, 1.807) is 13.8 Å². The minimum atomic E-state index is -0.555. The lowest BCUT2D eigenvalue weighted by molar-refractivity contribution is 0.0526. The van der Waals surface area contributed by atoms with Crippen molar-refractivity contribution in [2.45, 2.75) is 13.8 Å². The number of ether oxygens (including phenoxy) is 1. The van der Waals surface area contributed by atoms with E-state index in [1.165, 1.54) is 0 Å². The van der Waals surface area contributed by atoms with Gasteiger partial charge in [0.25, 0.3) is 0 Å². The number of carbonyl (C=O) groups is 1. The van der Waals surface area contributed by atoms with Crippen LogP contribution in [0.3, 0.4) is 0 Å². The number of benzene rings is 2. The Labute approximate surface area is 185 Å². The number of nitrogens with zero attached hydrogens (tertiary/aromatic N) is 3. The first-order chi connectivity index (χ1) is 15.5. The molecule has 0 aliphatic heterocycles. The van der Waals surface area contributed by atoms with Gasteiger partial charge in [0.1, 0.15) is 17.2 Å². The van der Waals surface area contributed by atoms with E-state index < -0.39 is 5.97 Å². The number of aromatic nitrogens is 2. The highest BCUT2D eigenvalue weighted by Crippen LogP contribution is 2.39. The molecule has 32 heavy (non-hydrogen) atoms. The first-order valence-electron chi connectivity index (χ1n) is 10.1. The molecule has 0 fully saturated rings. The molecule has 0 aliphatic carbocycles. The zero-order chi connectivity index (χ0) is 22.7. The van der Waals surface area contributed by atoms with Crippen molar-refractivity contribution in [3.8, 4) is 17.2 Å². The summed E-state index contributed by atoms with van der Waals surface area (Å²) in [6, 6.07) is 21.1. The molecule has 7 nitrogen and oxygen atoms in total. The summed E-state index contributed by atoms with van der Waals surface area (Å²) in [5, 5.41) is 13.8. The molecule has 0 amide bonds. The van der Waals surface area contributed by atoms with Gasteiger partial charge in [-0.3, -0.25) is 0 Å². The summed E-state index contributed by atoms with van der Waals surface area (Å²) in [6.45, 7) is 3.63. The molecule has 2 aromatic heterocycles. The van der Waals surface area contributed by atoms with E-state index in [1.807, 2.05) is 60.7 Å². The van der Waals surface area contributed by atoms with E-state index in [-0.39, 0.29) is 17.9 Å². The molecule has 0 bridgehead atoms. The molecule has 7 heteroatoms. The van der Waals surface area contributed by atoms with Gasteiger partial charge in [-0.2, -0.15) is 5.26 Å². The van der Waals surface area contributed by atoms with Gasteiger partial charge in [-0.15, -0.1) is 0 Å². The highest BCUT2D eigenvalue weighted by molar-refractivity contribution is 6.11. The fraction of sp³-hybridized carbons (Fsp3) is 0.120. The number of fused-ring (bicyclic) bond motifs is 1. The summed E-state index contributed by atoms with van der Waals surface area (Å²) in [5.74, 6) is -0.193. The third kappa shape index (κ3) is 3.70. The van der Waals surface area contributed by atoms with E-state index in [9.17, 15) is 10.1 Å². The number of pyridine rings is 2. The molecule has 0 unspecified atom stereocenters. The number of aryl methyl sites for hydroxylation is 1. The summed E-state index contributed by atoms with van der Waals surface area (Å²) in [4.78, 5) is 21.8. The van der Waals surface area contributed by atoms with Crippen molar-refractivity contribution >= 4 is 34.2 Å². The topological polar surface area (TPSA) is 114 Å². The number of esters is 1. The van der Waals surface area contributed by atoms with Crippen LogP contribution >= 0.6 is 0 Å². The van der Waals surface area contributed by atoms with E-state index in [0.29, 0.717) is 33.7 Å². The standard InChI is InChI=1S/C25H21N5O2/c1-3-32-25(31)19-15(2)28-24-21(22(19)27)20(16-10-6-4-7-11-16)18(14-26)23(30-24)29-17-12-8-5-9-13-17/h4-13H,3H2,1-2H3,(H3,27,28,29,30). The molecule has 158 valence electrons. The van der Waals surface area contributed by atoms with Crippen LogP contribution in [0.15, 0.2) is 60.7 Å². The molecule has 0 aliphatic rings. The van der Waals surface area contributed by atoms with Crippen LogP contribution in [-0.2, 0) is 4.74 Å². The molecule has 4 rings (SSSR count). The number of nitrogen functional groups attached to an aromatic ring is 1. The van der Waals surface area contributed by atoms with Crippen LogP contribution in [0.5, 0.6) is 0 Å². The van der Waals surface area contributed by atoms with E-state index >= 15 is 0 Å². The number of para-hydroxylation sites is 1. The predicted octanol–water partition coefficient (Wildman–Crippen LogP) is 4.98. The van der Waals surface area contributed by atoms with Gasteiger partial charge in [0.05, 0.1) is 23.4 Å². The van der Waals surface area contributed by atoms with Crippen LogP contribution < -0.4 is 11.1 Å². The number of hydrogen-bond donors (Lipinski definition) is 2. The van der Waals surface area contributed by atoms with Crippen LogP contribution in [0.4, 0.5) is 17.2 Å². The molecule has 2 aromatic carbocycles. The SMILES string of the molecule is CCOC(=O)c1c(C)nc2nc(Nc3ccccc3)c(C#N)c(-c3ccccc3)c2c1N. The Balaban J connectivity index is 2.08. The molecule has 2 heterocycles. The van der Waals surface area contributed by atoms with Crippen molar-refractivity contribution in [3.05, 3.63) is 77.5 Å². The normalized spacial score (nSPS) is 10.5. The van der Waals surface area contributed by atoms with Crippen molar-refractivity contribution in [1.29, 1.82) is 5.26 Å². The van der Waals surface area contributed by atoms with Gasteiger partial charge in [0, 0.05) is 11.3 Å². The van der Waals surface area contributed by atoms with E-state index in [2.05, 4.69) is 21.4 Å². The summed E-state index contributed by atoms with van der Waals surface area (Å²) in [6.07, 6.45) is 0. The van der Waals surface area contributed by atoms with Crippen molar-refractivity contribution in [1.82, 2.24) is 9.97 Å². The largest absolute Gasteiger partial charge is 0.462 e. The quantitative estimate of drug-likeness (QED) is 0.435. The van der Waals surface area contributed by atoms with Gasteiger partial charge >= 0.3 is 5.97 Å². The van der Waals surface area contributed by atoms with Gasteiger partial charge in [-0.05, 0) is 31.5 Å². The Morgan fingerprint density at radius 3 is 2.38 bits per heavy atom. The number of nitrogens with two attached hydrogens (primary N) is 1. The molecule has 0 atom stereocenters. The van der Waals surface area contributed by atoms with Crippen LogP contribution in [0.2, 0.25) is 0 Å². The molecule has 3 N–H and O–H groups in total. The number of nitrogens with one attached hydrogen (secondary N) is 1. The second kappa shape index (κ2) is 8.74. The lowest BCUT2D eigenvalue weighted by Crippen LogP contribution is -2.13. The lowest BCUT2D eigenvalue weighted by Gasteiger charge is -2.18. The van der Waals surface area contributed by atoms with Crippen molar-refractivity contribution in [2.24, 2.45) is 0 Å². The average Bonchev–Trinajstić information content (AvgIpc) is 2.79. The van der Waals surface area contributed by atoms with Crippen LogP contribution in [-0.4, -0.2) is 22.5 Å². The molecule has 0 saturated carbocycles. The van der Waals surface area contributed by atoms with E-state index in [4.69, 9.17) is 10.5 Å². The minimum absolute atomic E-state index is 0.186. The van der Waals surface area contributed by atoms with Crippen LogP contribution in [0, 0.1) is 18.3 Å².